The summed E-state index contributed by atoms with van der Waals surface area (Å²) in [6, 6.07) is 10.1. The van der Waals surface area contributed by atoms with Gasteiger partial charge in [0.2, 0.25) is 0 Å². The molecule has 2 aromatic rings. The zero-order chi connectivity index (χ0) is 17.7. The zero-order valence-electron chi connectivity index (χ0n) is 13.1. The van der Waals surface area contributed by atoms with Crippen LogP contribution in [0.4, 0.5) is 5.69 Å². The Kier molecular flexibility index (Phi) is 6.23. The lowest BCUT2D eigenvalue weighted by Gasteiger charge is -2.10. The number of esters is 1. The molecule has 1 N–H and O–H groups in total. The molecule has 0 aliphatic heterocycles. The van der Waals surface area contributed by atoms with Crippen LogP contribution in [0, 0.1) is 6.92 Å². The Bertz CT molecular complexity index is 779. The van der Waals surface area contributed by atoms with Crippen molar-refractivity contribution in [3.63, 3.8) is 0 Å². The average molecular weight is 413 g/mol. The van der Waals surface area contributed by atoms with E-state index in [2.05, 4.69) is 21.2 Å². The van der Waals surface area contributed by atoms with Crippen LogP contribution in [0.15, 0.2) is 40.9 Å². The SMILES string of the molecule is COc1ccc(Cl)cc1C(=O)OCC(=O)Nc1ccc(C)cc1Br. The van der Waals surface area contributed by atoms with Gasteiger partial charge in [-0.2, -0.15) is 0 Å². The molecular formula is C17H15BrClNO4. The number of ether oxygens (including phenoxy) is 2. The first-order chi connectivity index (χ1) is 11.4. The fraction of sp³-hybridized carbons (Fsp3) is 0.176. The van der Waals surface area contributed by atoms with Crippen molar-refractivity contribution in [3.8, 4) is 5.75 Å². The second-order valence-electron chi connectivity index (χ2n) is 4.95. The lowest BCUT2D eigenvalue weighted by molar-refractivity contribution is -0.119. The van der Waals surface area contributed by atoms with Crippen molar-refractivity contribution in [1.82, 2.24) is 0 Å². The molecule has 24 heavy (non-hydrogen) atoms. The van der Waals surface area contributed by atoms with Crippen molar-refractivity contribution in [2.24, 2.45) is 0 Å². The van der Waals surface area contributed by atoms with E-state index < -0.39 is 18.5 Å². The summed E-state index contributed by atoms with van der Waals surface area (Å²) in [6.07, 6.45) is 0. The fourth-order valence-electron chi connectivity index (χ4n) is 1.96. The van der Waals surface area contributed by atoms with Crippen LogP contribution in [-0.4, -0.2) is 25.6 Å². The van der Waals surface area contributed by atoms with Gasteiger partial charge in [0, 0.05) is 9.50 Å². The highest BCUT2D eigenvalue weighted by atomic mass is 79.9. The van der Waals surface area contributed by atoms with E-state index in [-0.39, 0.29) is 5.56 Å². The van der Waals surface area contributed by atoms with Gasteiger partial charge in [-0.25, -0.2) is 4.79 Å². The minimum atomic E-state index is -0.688. The molecule has 0 unspecified atom stereocenters. The molecule has 0 aliphatic carbocycles. The van der Waals surface area contributed by atoms with Gasteiger partial charge in [0.15, 0.2) is 6.61 Å². The predicted molar refractivity (Wildman–Crippen MR) is 95.8 cm³/mol. The van der Waals surface area contributed by atoms with Crippen LogP contribution in [0.3, 0.4) is 0 Å². The molecule has 0 heterocycles. The van der Waals surface area contributed by atoms with Gasteiger partial charge >= 0.3 is 5.97 Å². The van der Waals surface area contributed by atoms with Crippen LogP contribution in [0.25, 0.3) is 0 Å². The second kappa shape index (κ2) is 8.17. The van der Waals surface area contributed by atoms with Crippen LogP contribution in [0.1, 0.15) is 15.9 Å². The Labute approximate surface area is 153 Å². The Morgan fingerprint density at radius 2 is 1.96 bits per heavy atom. The largest absolute Gasteiger partial charge is 0.496 e. The number of amides is 1. The summed E-state index contributed by atoms with van der Waals surface area (Å²) >= 11 is 9.24. The molecule has 0 fully saturated rings. The van der Waals surface area contributed by atoms with Crippen molar-refractivity contribution in [1.29, 1.82) is 0 Å². The highest BCUT2D eigenvalue weighted by molar-refractivity contribution is 9.10. The van der Waals surface area contributed by atoms with Crippen LogP contribution < -0.4 is 10.1 Å². The smallest absolute Gasteiger partial charge is 0.342 e. The zero-order valence-corrected chi connectivity index (χ0v) is 15.4. The average Bonchev–Trinajstić information content (AvgIpc) is 2.55. The number of hydrogen-bond acceptors (Lipinski definition) is 4. The summed E-state index contributed by atoms with van der Waals surface area (Å²) < 4.78 is 10.9. The second-order valence-corrected chi connectivity index (χ2v) is 6.24. The number of rotatable bonds is 5. The lowest BCUT2D eigenvalue weighted by atomic mass is 10.2. The first kappa shape index (κ1) is 18.3. The molecule has 7 heteroatoms. The Morgan fingerprint density at radius 3 is 2.62 bits per heavy atom. The number of anilines is 1. The molecule has 0 atom stereocenters. The number of halogens is 2. The molecule has 0 saturated carbocycles. The standard InChI is InChI=1S/C17H15BrClNO4/c1-10-3-5-14(13(18)7-10)20-16(21)9-24-17(22)12-8-11(19)4-6-15(12)23-2/h3-8H,9H2,1-2H3,(H,20,21). The van der Waals surface area contributed by atoms with Gasteiger partial charge < -0.3 is 14.8 Å². The van der Waals surface area contributed by atoms with Gasteiger partial charge in [0.25, 0.3) is 5.91 Å². The third kappa shape index (κ3) is 4.72. The number of benzene rings is 2. The molecule has 0 bridgehead atoms. The maximum atomic E-state index is 12.1. The summed E-state index contributed by atoms with van der Waals surface area (Å²) in [5.74, 6) is -0.813. The Hall–Kier alpha value is -2.05. The third-order valence-electron chi connectivity index (χ3n) is 3.11. The van der Waals surface area contributed by atoms with E-state index in [0.717, 1.165) is 10.0 Å². The molecule has 126 valence electrons. The van der Waals surface area contributed by atoms with Gasteiger partial charge in [0.05, 0.1) is 12.8 Å². The minimum Gasteiger partial charge on any atom is -0.496 e. The van der Waals surface area contributed by atoms with Crippen molar-refractivity contribution >= 4 is 45.1 Å². The van der Waals surface area contributed by atoms with E-state index in [1.807, 2.05) is 19.1 Å². The number of nitrogens with one attached hydrogen (secondary N) is 1. The van der Waals surface area contributed by atoms with Crippen LogP contribution >= 0.6 is 27.5 Å². The Morgan fingerprint density at radius 1 is 1.21 bits per heavy atom. The fourth-order valence-corrected chi connectivity index (χ4v) is 2.72. The van der Waals surface area contributed by atoms with Crippen molar-refractivity contribution in [2.75, 3.05) is 19.0 Å². The van der Waals surface area contributed by atoms with E-state index in [1.54, 1.807) is 18.2 Å². The van der Waals surface area contributed by atoms with Crippen LogP contribution in [0.5, 0.6) is 5.75 Å². The molecule has 0 aliphatic rings. The van der Waals surface area contributed by atoms with E-state index in [4.69, 9.17) is 21.1 Å². The molecule has 0 aromatic heterocycles. The highest BCUT2D eigenvalue weighted by Gasteiger charge is 2.16. The number of carbonyl (C=O) groups is 2. The van der Waals surface area contributed by atoms with Gasteiger partial charge in [-0.1, -0.05) is 17.7 Å². The molecular weight excluding hydrogens is 398 g/mol. The first-order valence-electron chi connectivity index (χ1n) is 6.97. The monoisotopic (exact) mass is 411 g/mol. The van der Waals surface area contributed by atoms with E-state index in [1.165, 1.54) is 13.2 Å². The topological polar surface area (TPSA) is 64.6 Å². The van der Waals surface area contributed by atoms with Gasteiger partial charge in [0.1, 0.15) is 11.3 Å². The minimum absolute atomic E-state index is 0.161. The van der Waals surface area contributed by atoms with E-state index in [9.17, 15) is 9.59 Å². The van der Waals surface area contributed by atoms with Gasteiger partial charge in [-0.3, -0.25) is 4.79 Å². The summed E-state index contributed by atoms with van der Waals surface area (Å²) in [4.78, 5) is 24.0. The number of aryl methyl sites for hydroxylation is 1. The first-order valence-corrected chi connectivity index (χ1v) is 8.14. The number of carbonyl (C=O) groups excluding carboxylic acids is 2. The predicted octanol–water partition coefficient (Wildman–Crippen LogP) is 4.22. The molecule has 2 rings (SSSR count). The van der Waals surface area contributed by atoms with Crippen LogP contribution in [0.2, 0.25) is 5.02 Å². The summed E-state index contributed by atoms with van der Waals surface area (Å²) in [5, 5.41) is 3.03. The molecule has 0 radical (unpaired) electrons. The van der Waals surface area contributed by atoms with Gasteiger partial charge in [-0.05, 0) is 58.7 Å². The summed E-state index contributed by atoms with van der Waals surface area (Å²) in [7, 11) is 1.43. The molecule has 1 amide bonds. The number of hydrogen-bond donors (Lipinski definition) is 1. The van der Waals surface area contributed by atoms with Crippen molar-refractivity contribution < 1.29 is 19.1 Å². The molecule has 2 aromatic carbocycles. The van der Waals surface area contributed by atoms with Crippen LogP contribution in [-0.2, 0) is 9.53 Å². The highest BCUT2D eigenvalue weighted by Crippen LogP contribution is 2.24. The maximum absolute atomic E-state index is 12.1. The molecule has 0 spiro atoms. The number of methoxy groups -OCH3 is 1. The van der Waals surface area contributed by atoms with Gasteiger partial charge in [-0.15, -0.1) is 0 Å². The van der Waals surface area contributed by atoms with E-state index >= 15 is 0 Å². The maximum Gasteiger partial charge on any atom is 0.342 e. The molecule has 5 nitrogen and oxygen atoms in total. The summed E-state index contributed by atoms with van der Waals surface area (Å²) in [6.45, 7) is 1.52. The third-order valence-corrected chi connectivity index (χ3v) is 4.01. The quantitative estimate of drug-likeness (QED) is 0.747. The van der Waals surface area contributed by atoms with Crippen molar-refractivity contribution in [3.05, 3.63) is 57.0 Å². The lowest BCUT2D eigenvalue weighted by Crippen LogP contribution is -2.21. The summed E-state index contributed by atoms with van der Waals surface area (Å²) in [5.41, 5.74) is 1.82. The van der Waals surface area contributed by atoms with Crippen molar-refractivity contribution in [2.45, 2.75) is 6.92 Å². The Balaban J connectivity index is 1.99. The normalized spacial score (nSPS) is 10.2. The molecule has 0 saturated heterocycles. The van der Waals surface area contributed by atoms with E-state index in [0.29, 0.717) is 16.5 Å².